The van der Waals surface area contributed by atoms with Crippen LogP contribution in [0.15, 0.2) is 18.2 Å². The van der Waals surface area contributed by atoms with E-state index in [4.69, 9.17) is 4.74 Å². The smallest absolute Gasteiger partial charge is 0.341 e. The van der Waals surface area contributed by atoms with E-state index < -0.39 is 17.4 Å². The third-order valence-corrected chi connectivity index (χ3v) is 2.29. The standard InChI is InChI=1S/C12H15FO4/c1-8-5-4-6-9(10(8)13)17-7-12(2,15)11(14)16-3/h4-6,15H,7H2,1-3H3. The molecular formula is C12H15FO4. The first-order chi connectivity index (χ1) is 7.88. The highest BCUT2D eigenvalue weighted by Gasteiger charge is 2.32. The maximum absolute atomic E-state index is 13.5. The van der Waals surface area contributed by atoms with Gasteiger partial charge in [-0.25, -0.2) is 9.18 Å². The van der Waals surface area contributed by atoms with Crippen LogP contribution in [0, 0.1) is 12.7 Å². The lowest BCUT2D eigenvalue weighted by molar-refractivity contribution is -0.163. The van der Waals surface area contributed by atoms with Gasteiger partial charge in [0.05, 0.1) is 7.11 Å². The average molecular weight is 242 g/mol. The number of esters is 1. The number of hydrogen-bond acceptors (Lipinski definition) is 4. The Morgan fingerprint density at radius 1 is 1.53 bits per heavy atom. The van der Waals surface area contributed by atoms with Crippen LogP contribution in [0.3, 0.4) is 0 Å². The predicted molar refractivity (Wildman–Crippen MR) is 59.3 cm³/mol. The van der Waals surface area contributed by atoms with Crippen LogP contribution in [0.1, 0.15) is 12.5 Å². The molecule has 1 aromatic carbocycles. The van der Waals surface area contributed by atoms with E-state index in [1.54, 1.807) is 19.1 Å². The summed E-state index contributed by atoms with van der Waals surface area (Å²) in [5.41, 5.74) is -1.37. The molecule has 0 aromatic heterocycles. The Hall–Kier alpha value is -1.62. The lowest BCUT2D eigenvalue weighted by Crippen LogP contribution is -2.42. The minimum atomic E-state index is -1.80. The van der Waals surface area contributed by atoms with Crippen molar-refractivity contribution >= 4 is 5.97 Å². The Labute approximate surface area is 99.0 Å². The van der Waals surface area contributed by atoms with Crippen LogP contribution in [0.2, 0.25) is 0 Å². The number of aryl methyl sites for hydroxylation is 1. The van der Waals surface area contributed by atoms with Gasteiger partial charge in [0.2, 0.25) is 0 Å². The average Bonchev–Trinajstić information content (AvgIpc) is 2.30. The van der Waals surface area contributed by atoms with Crippen LogP contribution in [-0.4, -0.2) is 30.4 Å². The second kappa shape index (κ2) is 5.14. The summed E-state index contributed by atoms with van der Waals surface area (Å²) >= 11 is 0. The molecule has 0 aliphatic carbocycles. The third kappa shape index (κ3) is 3.17. The molecule has 4 nitrogen and oxygen atoms in total. The lowest BCUT2D eigenvalue weighted by Gasteiger charge is -2.20. The molecule has 0 spiro atoms. The molecule has 17 heavy (non-hydrogen) atoms. The van der Waals surface area contributed by atoms with E-state index in [1.165, 1.54) is 13.0 Å². The summed E-state index contributed by atoms with van der Waals surface area (Å²) < 4.78 is 23.0. The monoisotopic (exact) mass is 242 g/mol. The molecular weight excluding hydrogens is 227 g/mol. The second-order valence-corrected chi connectivity index (χ2v) is 3.94. The molecule has 0 aliphatic rings. The minimum Gasteiger partial charge on any atom is -0.487 e. The number of rotatable bonds is 4. The van der Waals surface area contributed by atoms with Crippen molar-refractivity contribution in [3.05, 3.63) is 29.6 Å². The van der Waals surface area contributed by atoms with Crippen molar-refractivity contribution in [2.24, 2.45) is 0 Å². The van der Waals surface area contributed by atoms with Crippen LogP contribution < -0.4 is 4.74 Å². The van der Waals surface area contributed by atoms with Gasteiger partial charge in [-0.05, 0) is 25.5 Å². The fourth-order valence-corrected chi connectivity index (χ4v) is 1.23. The first kappa shape index (κ1) is 13.4. The lowest BCUT2D eigenvalue weighted by atomic mass is 10.1. The van der Waals surface area contributed by atoms with E-state index in [0.717, 1.165) is 7.11 Å². The van der Waals surface area contributed by atoms with Crippen LogP contribution in [0.5, 0.6) is 5.75 Å². The molecule has 0 bridgehead atoms. The van der Waals surface area contributed by atoms with Gasteiger partial charge in [-0.1, -0.05) is 12.1 Å². The van der Waals surface area contributed by atoms with Gasteiger partial charge in [0.1, 0.15) is 6.61 Å². The zero-order valence-corrected chi connectivity index (χ0v) is 9.99. The summed E-state index contributed by atoms with van der Waals surface area (Å²) in [6, 6.07) is 4.65. The fourth-order valence-electron chi connectivity index (χ4n) is 1.23. The first-order valence-electron chi connectivity index (χ1n) is 5.07. The zero-order chi connectivity index (χ0) is 13.1. The molecule has 0 radical (unpaired) electrons. The Morgan fingerprint density at radius 2 is 2.18 bits per heavy atom. The van der Waals surface area contributed by atoms with E-state index in [-0.39, 0.29) is 12.4 Å². The Kier molecular flexibility index (Phi) is 4.07. The van der Waals surface area contributed by atoms with Crippen molar-refractivity contribution in [1.29, 1.82) is 0 Å². The van der Waals surface area contributed by atoms with Crippen molar-refractivity contribution in [3.63, 3.8) is 0 Å². The summed E-state index contributed by atoms with van der Waals surface area (Å²) in [6.45, 7) is 2.47. The molecule has 0 fully saturated rings. The number of carbonyl (C=O) groups is 1. The van der Waals surface area contributed by atoms with Gasteiger partial charge in [-0.2, -0.15) is 0 Å². The zero-order valence-electron chi connectivity index (χ0n) is 9.99. The van der Waals surface area contributed by atoms with E-state index in [9.17, 15) is 14.3 Å². The van der Waals surface area contributed by atoms with Gasteiger partial charge < -0.3 is 14.6 Å². The number of aliphatic hydroxyl groups is 1. The van der Waals surface area contributed by atoms with Gasteiger partial charge in [-0.15, -0.1) is 0 Å². The molecule has 0 aliphatic heterocycles. The normalized spacial score (nSPS) is 13.9. The molecule has 1 atom stereocenters. The van der Waals surface area contributed by atoms with Crippen molar-refractivity contribution in [2.45, 2.75) is 19.4 Å². The van der Waals surface area contributed by atoms with E-state index in [1.807, 2.05) is 0 Å². The van der Waals surface area contributed by atoms with Crippen molar-refractivity contribution in [1.82, 2.24) is 0 Å². The molecule has 0 saturated heterocycles. The van der Waals surface area contributed by atoms with Crippen LogP contribution in [-0.2, 0) is 9.53 Å². The largest absolute Gasteiger partial charge is 0.487 e. The van der Waals surface area contributed by atoms with Gasteiger partial charge >= 0.3 is 5.97 Å². The number of ether oxygens (including phenoxy) is 2. The molecule has 0 heterocycles. The predicted octanol–water partition coefficient (Wildman–Crippen LogP) is 1.44. The highest BCUT2D eigenvalue weighted by atomic mass is 19.1. The summed E-state index contributed by atoms with van der Waals surface area (Å²) in [5.74, 6) is -1.34. The summed E-state index contributed by atoms with van der Waals surface area (Å²) in [6.07, 6.45) is 0. The van der Waals surface area contributed by atoms with Crippen LogP contribution in [0.4, 0.5) is 4.39 Å². The molecule has 5 heteroatoms. The highest BCUT2D eigenvalue weighted by molar-refractivity contribution is 5.78. The summed E-state index contributed by atoms with van der Waals surface area (Å²) in [4.78, 5) is 11.2. The van der Waals surface area contributed by atoms with Gasteiger partial charge in [0.15, 0.2) is 17.2 Å². The number of hydrogen-bond donors (Lipinski definition) is 1. The summed E-state index contributed by atoms with van der Waals surface area (Å²) in [5, 5.41) is 9.68. The quantitative estimate of drug-likeness (QED) is 0.812. The van der Waals surface area contributed by atoms with E-state index in [2.05, 4.69) is 4.74 Å². The molecule has 1 rings (SSSR count). The van der Waals surface area contributed by atoms with Crippen molar-refractivity contribution in [3.8, 4) is 5.75 Å². The second-order valence-electron chi connectivity index (χ2n) is 3.94. The number of methoxy groups -OCH3 is 1. The van der Waals surface area contributed by atoms with Crippen LogP contribution in [0.25, 0.3) is 0 Å². The van der Waals surface area contributed by atoms with Gasteiger partial charge in [0, 0.05) is 0 Å². The molecule has 0 amide bonds. The number of halogens is 1. The first-order valence-corrected chi connectivity index (χ1v) is 5.07. The topological polar surface area (TPSA) is 55.8 Å². The third-order valence-electron chi connectivity index (χ3n) is 2.29. The Bertz CT molecular complexity index is 415. The maximum atomic E-state index is 13.5. The highest BCUT2D eigenvalue weighted by Crippen LogP contribution is 2.21. The Balaban J connectivity index is 2.74. The number of carbonyl (C=O) groups excluding carboxylic acids is 1. The maximum Gasteiger partial charge on any atom is 0.341 e. The SMILES string of the molecule is COC(=O)C(C)(O)COc1cccc(C)c1F. The number of benzene rings is 1. The molecule has 1 N–H and O–H groups in total. The minimum absolute atomic E-state index is 0.00539. The molecule has 0 saturated carbocycles. The van der Waals surface area contributed by atoms with Crippen molar-refractivity contribution in [2.75, 3.05) is 13.7 Å². The molecule has 1 unspecified atom stereocenters. The Morgan fingerprint density at radius 3 is 2.76 bits per heavy atom. The molecule has 1 aromatic rings. The van der Waals surface area contributed by atoms with Gasteiger partial charge in [-0.3, -0.25) is 0 Å². The van der Waals surface area contributed by atoms with E-state index in [0.29, 0.717) is 5.56 Å². The summed E-state index contributed by atoms with van der Waals surface area (Å²) in [7, 11) is 1.16. The fraction of sp³-hybridized carbons (Fsp3) is 0.417. The van der Waals surface area contributed by atoms with E-state index >= 15 is 0 Å². The van der Waals surface area contributed by atoms with Crippen molar-refractivity contribution < 1.29 is 23.8 Å². The van der Waals surface area contributed by atoms with Gasteiger partial charge in [0.25, 0.3) is 0 Å². The van der Waals surface area contributed by atoms with Crippen LogP contribution >= 0.6 is 0 Å². The molecule has 94 valence electrons.